The molecule has 0 saturated heterocycles. The Kier molecular flexibility index (Phi) is 6.38. The fourth-order valence-electron chi connectivity index (χ4n) is 4.60. The number of rotatable bonds is 8. The molecule has 1 aliphatic heterocycles. The SMILES string of the molecule is CCCc1cc(CCC2CCCCC2)c(/C=C2\N=C(c3ccc[nH]3)C=C2OC)[nH]1. The van der Waals surface area contributed by atoms with Crippen molar-refractivity contribution in [3.63, 3.8) is 0 Å². The highest BCUT2D eigenvalue weighted by atomic mass is 16.5. The van der Waals surface area contributed by atoms with Gasteiger partial charge in [0.15, 0.2) is 0 Å². The van der Waals surface area contributed by atoms with Crippen molar-refractivity contribution in [3.8, 4) is 0 Å². The molecule has 0 radical (unpaired) electrons. The van der Waals surface area contributed by atoms with E-state index in [1.807, 2.05) is 24.4 Å². The van der Waals surface area contributed by atoms with Gasteiger partial charge >= 0.3 is 0 Å². The number of methoxy groups -OCH3 is 1. The molecule has 2 aromatic rings. The molecule has 4 heteroatoms. The second-order valence-electron chi connectivity index (χ2n) is 8.35. The molecule has 0 unspecified atom stereocenters. The Bertz CT molecular complexity index is 893. The van der Waals surface area contributed by atoms with Crippen LogP contribution in [0.15, 0.2) is 46.9 Å². The number of hydrogen-bond donors (Lipinski definition) is 2. The number of aromatic amines is 2. The van der Waals surface area contributed by atoms with Gasteiger partial charge in [-0.3, -0.25) is 0 Å². The zero-order valence-electron chi connectivity index (χ0n) is 17.8. The van der Waals surface area contributed by atoms with E-state index >= 15 is 0 Å². The minimum atomic E-state index is 0.819. The van der Waals surface area contributed by atoms with Crippen LogP contribution in [-0.4, -0.2) is 22.8 Å². The van der Waals surface area contributed by atoms with E-state index in [2.05, 4.69) is 29.0 Å². The summed E-state index contributed by atoms with van der Waals surface area (Å²) in [5, 5.41) is 0. The average Bonchev–Trinajstić information content (AvgIpc) is 3.48. The third-order valence-electron chi connectivity index (χ3n) is 6.19. The highest BCUT2D eigenvalue weighted by Crippen LogP contribution is 2.30. The van der Waals surface area contributed by atoms with Crippen molar-refractivity contribution in [2.24, 2.45) is 10.9 Å². The van der Waals surface area contributed by atoms with Gasteiger partial charge in [-0.25, -0.2) is 4.99 Å². The Labute approximate surface area is 174 Å². The molecule has 1 aliphatic carbocycles. The number of nitrogens with one attached hydrogen (secondary N) is 2. The van der Waals surface area contributed by atoms with Crippen molar-refractivity contribution < 1.29 is 4.74 Å². The van der Waals surface area contributed by atoms with Gasteiger partial charge in [0.1, 0.15) is 11.5 Å². The minimum Gasteiger partial charge on any atom is -0.494 e. The summed E-state index contributed by atoms with van der Waals surface area (Å²) < 4.78 is 5.62. The lowest BCUT2D eigenvalue weighted by atomic mass is 9.85. The molecule has 0 aromatic carbocycles. The van der Waals surface area contributed by atoms with E-state index in [-0.39, 0.29) is 0 Å². The molecule has 0 amide bonds. The number of aromatic nitrogens is 2. The molecule has 3 heterocycles. The Morgan fingerprint density at radius 3 is 2.79 bits per heavy atom. The molecule has 0 atom stereocenters. The van der Waals surface area contributed by atoms with E-state index in [4.69, 9.17) is 9.73 Å². The van der Waals surface area contributed by atoms with Crippen LogP contribution < -0.4 is 0 Å². The average molecular weight is 392 g/mol. The summed E-state index contributed by atoms with van der Waals surface area (Å²) in [6.45, 7) is 2.23. The van der Waals surface area contributed by atoms with Gasteiger partial charge in [-0.1, -0.05) is 45.4 Å². The van der Waals surface area contributed by atoms with Gasteiger partial charge in [0, 0.05) is 23.7 Å². The van der Waals surface area contributed by atoms with E-state index < -0.39 is 0 Å². The minimum absolute atomic E-state index is 0.819. The van der Waals surface area contributed by atoms with Crippen molar-refractivity contribution >= 4 is 11.8 Å². The van der Waals surface area contributed by atoms with Crippen LogP contribution in [-0.2, 0) is 17.6 Å². The van der Waals surface area contributed by atoms with Crippen LogP contribution in [0, 0.1) is 5.92 Å². The topological polar surface area (TPSA) is 53.2 Å². The quantitative estimate of drug-likeness (QED) is 0.554. The van der Waals surface area contributed by atoms with Crippen LogP contribution in [0.5, 0.6) is 0 Å². The lowest BCUT2D eigenvalue weighted by Crippen LogP contribution is -2.07. The van der Waals surface area contributed by atoms with Crippen LogP contribution in [0.25, 0.3) is 6.08 Å². The summed E-state index contributed by atoms with van der Waals surface area (Å²) in [7, 11) is 1.72. The lowest BCUT2D eigenvalue weighted by Gasteiger charge is -2.21. The van der Waals surface area contributed by atoms with E-state index in [0.29, 0.717) is 0 Å². The summed E-state index contributed by atoms with van der Waals surface area (Å²) in [6, 6.07) is 6.40. The van der Waals surface area contributed by atoms with Crippen LogP contribution >= 0.6 is 0 Å². The van der Waals surface area contributed by atoms with Crippen LogP contribution in [0.2, 0.25) is 0 Å². The predicted molar refractivity (Wildman–Crippen MR) is 120 cm³/mol. The van der Waals surface area contributed by atoms with Gasteiger partial charge in [0.2, 0.25) is 0 Å². The van der Waals surface area contributed by atoms with Gasteiger partial charge in [0.25, 0.3) is 0 Å². The summed E-state index contributed by atoms with van der Waals surface area (Å²) in [6.07, 6.45) is 17.8. The molecule has 2 aliphatic rings. The maximum Gasteiger partial charge on any atom is 0.146 e. The first-order chi connectivity index (χ1) is 14.3. The van der Waals surface area contributed by atoms with Crippen LogP contribution in [0.4, 0.5) is 0 Å². The number of allylic oxidation sites excluding steroid dienone is 1. The highest BCUT2D eigenvalue weighted by Gasteiger charge is 2.19. The number of aryl methyl sites for hydroxylation is 2. The first-order valence-corrected chi connectivity index (χ1v) is 11.2. The molecule has 4 rings (SSSR count). The maximum absolute atomic E-state index is 5.62. The first kappa shape index (κ1) is 19.8. The van der Waals surface area contributed by atoms with Crippen LogP contribution in [0.1, 0.15) is 74.5 Å². The third kappa shape index (κ3) is 4.75. The molecule has 2 N–H and O–H groups in total. The largest absolute Gasteiger partial charge is 0.494 e. The zero-order chi connectivity index (χ0) is 20.1. The molecule has 2 aromatic heterocycles. The normalized spacial score (nSPS) is 18.9. The van der Waals surface area contributed by atoms with Gasteiger partial charge < -0.3 is 14.7 Å². The summed E-state index contributed by atoms with van der Waals surface area (Å²) in [5.74, 6) is 1.71. The number of nitrogens with zero attached hydrogens (tertiary/aromatic N) is 1. The van der Waals surface area contributed by atoms with Crippen molar-refractivity contribution in [1.29, 1.82) is 0 Å². The molecule has 4 nitrogen and oxygen atoms in total. The first-order valence-electron chi connectivity index (χ1n) is 11.2. The van der Waals surface area contributed by atoms with Crippen molar-refractivity contribution in [1.82, 2.24) is 9.97 Å². The summed E-state index contributed by atoms with van der Waals surface area (Å²) >= 11 is 0. The Morgan fingerprint density at radius 1 is 1.21 bits per heavy atom. The second kappa shape index (κ2) is 9.34. The van der Waals surface area contributed by atoms with Crippen molar-refractivity contribution in [2.75, 3.05) is 7.11 Å². The van der Waals surface area contributed by atoms with Gasteiger partial charge in [-0.05, 0) is 55.0 Å². The van der Waals surface area contributed by atoms with E-state index in [1.54, 1.807) is 7.11 Å². The standard InChI is InChI=1S/C25H33N3O/c1-3-8-20-15-19(13-12-18-9-5-4-6-10-18)22(27-20)16-24-25(29-2)17-23(28-24)21-11-7-14-26-21/h7,11,14-18,26-27H,3-6,8-10,12-13H2,1-2H3/b24-16-. The van der Waals surface area contributed by atoms with Crippen molar-refractivity contribution in [3.05, 3.63) is 64.6 Å². The van der Waals surface area contributed by atoms with Gasteiger partial charge in [-0.2, -0.15) is 0 Å². The number of ether oxygens (including phenoxy) is 1. The lowest BCUT2D eigenvalue weighted by molar-refractivity contribution is 0.303. The molecular weight excluding hydrogens is 358 g/mol. The predicted octanol–water partition coefficient (Wildman–Crippen LogP) is 6.18. The number of H-pyrrole nitrogens is 2. The number of aliphatic imine (C=N–C) groups is 1. The molecule has 0 spiro atoms. The molecule has 154 valence electrons. The highest BCUT2D eigenvalue weighted by molar-refractivity contribution is 6.11. The Hall–Kier alpha value is -2.49. The zero-order valence-corrected chi connectivity index (χ0v) is 17.8. The Balaban J connectivity index is 1.58. The second-order valence-corrected chi connectivity index (χ2v) is 8.35. The van der Waals surface area contributed by atoms with E-state index in [9.17, 15) is 0 Å². The Morgan fingerprint density at radius 2 is 2.07 bits per heavy atom. The summed E-state index contributed by atoms with van der Waals surface area (Å²) in [4.78, 5) is 11.7. The van der Waals surface area contributed by atoms with E-state index in [0.717, 1.165) is 48.0 Å². The maximum atomic E-state index is 5.62. The molecule has 29 heavy (non-hydrogen) atoms. The smallest absolute Gasteiger partial charge is 0.146 e. The third-order valence-corrected chi connectivity index (χ3v) is 6.19. The van der Waals surface area contributed by atoms with Gasteiger partial charge in [0.05, 0.1) is 18.5 Å². The monoisotopic (exact) mass is 391 g/mol. The van der Waals surface area contributed by atoms with E-state index in [1.165, 1.54) is 55.5 Å². The fraction of sp³-hybridized carbons (Fsp3) is 0.480. The molecular formula is C25H33N3O. The van der Waals surface area contributed by atoms with Crippen LogP contribution in [0.3, 0.4) is 0 Å². The summed E-state index contributed by atoms with van der Waals surface area (Å²) in [5.41, 5.74) is 6.76. The van der Waals surface area contributed by atoms with Gasteiger partial charge in [-0.15, -0.1) is 0 Å². The molecule has 0 bridgehead atoms. The molecule has 1 fully saturated rings. The molecule has 1 saturated carbocycles. The number of hydrogen-bond acceptors (Lipinski definition) is 2. The fourth-order valence-corrected chi connectivity index (χ4v) is 4.60. The van der Waals surface area contributed by atoms with Crippen molar-refractivity contribution in [2.45, 2.75) is 64.7 Å².